The molecule has 0 spiro atoms. The van der Waals surface area contributed by atoms with Gasteiger partial charge in [-0.05, 0) is 36.4 Å². The monoisotopic (exact) mass is 365 g/mol. The quantitative estimate of drug-likeness (QED) is 0.869. The molecule has 0 fully saturated rings. The van der Waals surface area contributed by atoms with Gasteiger partial charge in [0, 0.05) is 5.02 Å². The molecule has 0 saturated carbocycles. The second-order valence-corrected chi connectivity index (χ2v) is 6.93. The second kappa shape index (κ2) is 6.32. The van der Waals surface area contributed by atoms with E-state index in [9.17, 15) is 8.42 Å². The van der Waals surface area contributed by atoms with Crippen LogP contribution in [-0.4, -0.2) is 15.5 Å². The first-order valence-electron chi connectivity index (χ1n) is 5.65. The van der Waals surface area contributed by atoms with Crippen molar-refractivity contribution >= 4 is 50.5 Å². The van der Waals surface area contributed by atoms with Crippen molar-refractivity contribution in [2.45, 2.75) is 4.90 Å². The zero-order valence-corrected chi connectivity index (χ0v) is 13.8. The summed E-state index contributed by atoms with van der Waals surface area (Å²) in [6.07, 6.45) is 0. The summed E-state index contributed by atoms with van der Waals surface area (Å²) in [7, 11) is -2.37. The molecule has 2 aromatic carbocycles. The third-order valence-corrected chi connectivity index (χ3v) is 4.98. The molecule has 0 aliphatic rings. The normalized spacial score (nSPS) is 11.2. The molecule has 0 amide bonds. The maximum atomic E-state index is 12.3. The number of hydrogen-bond acceptors (Lipinski definition) is 3. The summed E-state index contributed by atoms with van der Waals surface area (Å²) in [4.78, 5) is -0.0690. The first kappa shape index (κ1) is 16.2. The Balaban J connectivity index is 2.35. The lowest BCUT2D eigenvalue weighted by atomic mass is 10.3. The Morgan fingerprint density at radius 2 is 1.71 bits per heavy atom. The average molecular weight is 367 g/mol. The van der Waals surface area contributed by atoms with E-state index in [-0.39, 0.29) is 9.92 Å². The lowest BCUT2D eigenvalue weighted by Gasteiger charge is -2.11. The van der Waals surface area contributed by atoms with Gasteiger partial charge in [0.15, 0.2) is 0 Å². The predicted octanol–water partition coefficient (Wildman–Crippen LogP) is 4.46. The number of benzene rings is 2. The highest BCUT2D eigenvalue weighted by molar-refractivity contribution is 7.92. The molecule has 8 heteroatoms. The molecule has 4 nitrogen and oxygen atoms in total. The largest absolute Gasteiger partial charge is 0.495 e. The summed E-state index contributed by atoms with van der Waals surface area (Å²) in [6.45, 7) is 0. The van der Waals surface area contributed by atoms with Crippen molar-refractivity contribution in [3.8, 4) is 5.75 Å². The highest BCUT2D eigenvalue weighted by atomic mass is 35.5. The van der Waals surface area contributed by atoms with Gasteiger partial charge in [0.05, 0.1) is 22.8 Å². The van der Waals surface area contributed by atoms with Crippen molar-refractivity contribution in [1.29, 1.82) is 0 Å². The zero-order chi connectivity index (χ0) is 15.6. The Morgan fingerprint density at radius 1 is 1.00 bits per heavy atom. The minimum absolute atomic E-state index is 0.0367. The Labute approximate surface area is 137 Å². The van der Waals surface area contributed by atoms with Gasteiger partial charge in [0.25, 0.3) is 10.0 Å². The molecule has 1 N–H and O–H groups in total. The lowest BCUT2D eigenvalue weighted by Crippen LogP contribution is -2.13. The van der Waals surface area contributed by atoms with E-state index in [0.29, 0.717) is 21.5 Å². The molecule has 0 aliphatic carbocycles. The third-order valence-electron chi connectivity index (χ3n) is 2.59. The maximum absolute atomic E-state index is 12.3. The van der Waals surface area contributed by atoms with Crippen molar-refractivity contribution < 1.29 is 13.2 Å². The van der Waals surface area contributed by atoms with Crippen molar-refractivity contribution in [3.63, 3.8) is 0 Å². The molecular formula is C13H10Cl3NO3S. The number of anilines is 1. The Morgan fingerprint density at radius 3 is 2.29 bits per heavy atom. The highest BCUT2D eigenvalue weighted by Gasteiger charge is 2.18. The SMILES string of the molecule is COc1ccc(NS(=O)(=O)c2ccc(Cl)cc2Cl)cc1Cl. The second-order valence-electron chi connectivity index (χ2n) is 4.03. The van der Waals surface area contributed by atoms with Crippen LogP contribution in [0.5, 0.6) is 5.75 Å². The number of ether oxygens (including phenoxy) is 1. The van der Waals surface area contributed by atoms with Gasteiger partial charge < -0.3 is 4.74 Å². The zero-order valence-electron chi connectivity index (χ0n) is 10.7. The molecule has 0 atom stereocenters. The van der Waals surface area contributed by atoms with Crippen LogP contribution in [0.4, 0.5) is 5.69 Å². The van der Waals surface area contributed by atoms with Crippen molar-refractivity contribution in [3.05, 3.63) is 51.5 Å². The maximum Gasteiger partial charge on any atom is 0.263 e. The molecule has 0 radical (unpaired) electrons. The summed E-state index contributed by atoms with van der Waals surface area (Å²) >= 11 is 17.6. The fourth-order valence-electron chi connectivity index (χ4n) is 1.63. The predicted molar refractivity (Wildman–Crippen MR) is 85.3 cm³/mol. The van der Waals surface area contributed by atoms with E-state index in [0.717, 1.165) is 0 Å². The van der Waals surface area contributed by atoms with Crippen molar-refractivity contribution in [2.24, 2.45) is 0 Å². The van der Waals surface area contributed by atoms with E-state index in [4.69, 9.17) is 39.5 Å². The van der Waals surface area contributed by atoms with Gasteiger partial charge in [-0.3, -0.25) is 4.72 Å². The van der Waals surface area contributed by atoms with Crippen LogP contribution in [0.1, 0.15) is 0 Å². The molecule has 21 heavy (non-hydrogen) atoms. The molecule has 2 rings (SSSR count). The minimum Gasteiger partial charge on any atom is -0.495 e. The van der Waals surface area contributed by atoms with E-state index in [1.807, 2.05) is 0 Å². The summed E-state index contributed by atoms with van der Waals surface area (Å²) < 4.78 is 32.0. The van der Waals surface area contributed by atoms with Crippen molar-refractivity contribution in [1.82, 2.24) is 0 Å². The number of nitrogens with one attached hydrogen (secondary N) is 1. The molecule has 0 heterocycles. The third kappa shape index (κ3) is 3.74. The molecule has 0 aromatic heterocycles. The first-order chi connectivity index (χ1) is 9.83. The van der Waals surface area contributed by atoms with Crippen LogP contribution in [0.3, 0.4) is 0 Å². The van der Waals surface area contributed by atoms with Gasteiger partial charge in [-0.15, -0.1) is 0 Å². The fourth-order valence-corrected chi connectivity index (χ4v) is 3.71. The minimum atomic E-state index is -3.84. The highest BCUT2D eigenvalue weighted by Crippen LogP contribution is 2.30. The van der Waals surface area contributed by atoms with E-state index < -0.39 is 10.0 Å². The molecule has 0 unspecified atom stereocenters. The van der Waals surface area contributed by atoms with Gasteiger partial charge in [0.2, 0.25) is 0 Å². The summed E-state index contributed by atoms with van der Waals surface area (Å²) in [5.41, 5.74) is 0.298. The average Bonchev–Trinajstić information content (AvgIpc) is 2.37. The summed E-state index contributed by atoms with van der Waals surface area (Å²) in [5.74, 6) is 0.448. The molecular weight excluding hydrogens is 357 g/mol. The number of sulfonamides is 1. The Kier molecular flexibility index (Phi) is 4.88. The number of rotatable bonds is 4. The molecule has 0 saturated heterocycles. The van der Waals surface area contributed by atoms with Crippen LogP contribution >= 0.6 is 34.8 Å². The van der Waals surface area contributed by atoms with E-state index in [2.05, 4.69) is 4.72 Å². The van der Waals surface area contributed by atoms with E-state index in [1.165, 1.54) is 37.4 Å². The van der Waals surface area contributed by atoms with Crippen LogP contribution in [-0.2, 0) is 10.0 Å². The standard InChI is InChI=1S/C13H10Cl3NO3S/c1-20-12-4-3-9(7-10(12)15)17-21(18,19)13-5-2-8(14)6-11(13)16/h2-7,17H,1H3. The summed E-state index contributed by atoms with van der Waals surface area (Å²) in [6, 6.07) is 8.68. The Bertz CT molecular complexity index is 778. The smallest absolute Gasteiger partial charge is 0.263 e. The fraction of sp³-hybridized carbons (Fsp3) is 0.0769. The van der Waals surface area contributed by atoms with Gasteiger partial charge in [-0.2, -0.15) is 0 Å². The topological polar surface area (TPSA) is 55.4 Å². The van der Waals surface area contributed by atoms with Crippen LogP contribution < -0.4 is 9.46 Å². The Hall–Kier alpha value is -1.14. The van der Waals surface area contributed by atoms with Crippen LogP contribution in [0.15, 0.2) is 41.3 Å². The molecule has 0 aliphatic heterocycles. The molecule has 2 aromatic rings. The van der Waals surface area contributed by atoms with Crippen LogP contribution in [0.25, 0.3) is 0 Å². The molecule has 112 valence electrons. The van der Waals surface area contributed by atoms with E-state index in [1.54, 1.807) is 6.07 Å². The number of methoxy groups -OCH3 is 1. The van der Waals surface area contributed by atoms with Gasteiger partial charge in [0.1, 0.15) is 10.6 Å². The number of hydrogen-bond donors (Lipinski definition) is 1. The lowest BCUT2D eigenvalue weighted by molar-refractivity contribution is 0.415. The van der Waals surface area contributed by atoms with E-state index >= 15 is 0 Å². The first-order valence-corrected chi connectivity index (χ1v) is 8.26. The van der Waals surface area contributed by atoms with Crippen LogP contribution in [0.2, 0.25) is 15.1 Å². The van der Waals surface area contributed by atoms with Gasteiger partial charge >= 0.3 is 0 Å². The summed E-state index contributed by atoms with van der Waals surface area (Å²) in [5, 5.41) is 0.681. The number of halogens is 3. The molecule has 0 bridgehead atoms. The van der Waals surface area contributed by atoms with Gasteiger partial charge in [-0.25, -0.2) is 8.42 Å². The van der Waals surface area contributed by atoms with Gasteiger partial charge in [-0.1, -0.05) is 34.8 Å². The van der Waals surface area contributed by atoms with Crippen LogP contribution in [0, 0.1) is 0 Å². The van der Waals surface area contributed by atoms with Crippen molar-refractivity contribution in [2.75, 3.05) is 11.8 Å².